The summed E-state index contributed by atoms with van der Waals surface area (Å²) in [6.45, 7) is 4.14. The van der Waals surface area contributed by atoms with Gasteiger partial charge >= 0.3 is 12.0 Å². The average molecular weight is 298 g/mol. The summed E-state index contributed by atoms with van der Waals surface area (Å²) in [5.74, 6) is -0.461. The third-order valence-electron chi connectivity index (χ3n) is 4.56. The van der Waals surface area contributed by atoms with Crippen molar-refractivity contribution in [2.24, 2.45) is 5.92 Å². The molecular weight excluding hydrogens is 272 g/mol. The lowest BCUT2D eigenvalue weighted by Gasteiger charge is -2.35. The fraction of sp³-hybridized carbons (Fsp3) is 0.867. The van der Waals surface area contributed by atoms with Crippen LogP contribution in [0.5, 0.6) is 0 Å². The van der Waals surface area contributed by atoms with Gasteiger partial charge in [-0.15, -0.1) is 0 Å². The van der Waals surface area contributed by atoms with E-state index < -0.39 is 5.97 Å². The van der Waals surface area contributed by atoms with Crippen LogP contribution < -0.4 is 5.32 Å². The zero-order valence-corrected chi connectivity index (χ0v) is 12.7. The number of amides is 2. The van der Waals surface area contributed by atoms with Crippen molar-refractivity contribution in [3.05, 3.63) is 0 Å². The molecule has 2 saturated heterocycles. The minimum Gasteiger partial charge on any atom is -0.481 e. The Bertz CT molecular complexity index is 375. The van der Waals surface area contributed by atoms with Crippen LogP contribution in [-0.2, 0) is 9.53 Å². The molecule has 2 aliphatic heterocycles. The summed E-state index contributed by atoms with van der Waals surface area (Å²) in [7, 11) is 0. The Hall–Kier alpha value is -1.30. The molecule has 0 saturated carbocycles. The summed E-state index contributed by atoms with van der Waals surface area (Å²) >= 11 is 0. The number of carbonyl (C=O) groups is 2. The molecule has 0 aromatic rings. The van der Waals surface area contributed by atoms with Crippen LogP contribution in [0.1, 0.15) is 45.4 Å². The Morgan fingerprint density at radius 3 is 2.86 bits per heavy atom. The summed E-state index contributed by atoms with van der Waals surface area (Å²) in [4.78, 5) is 24.9. The predicted molar refractivity (Wildman–Crippen MR) is 78.1 cm³/mol. The normalized spacial score (nSPS) is 29.4. The molecule has 3 unspecified atom stereocenters. The maximum Gasteiger partial charge on any atom is 0.317 e. The second-order valence-electron chi connectivity index (χ2n) is 5.99. The molecule has 0 aliphatic carbocycles. The Labute approximate surface area is 125 Å². The van der Waals surface area contributed by atoms with Gasteiger partial charge < -0.3 is 20.1 Å². The Balaban J connectivity index is 1.84. The van der Waals surface area contributed by atoms with E-state index in [0.717, 1.165) is 38.7 Å². The highest BCUT2D eigenvalue weighted by Gasteiger charge is 2.31. The highest BCUT2D eigenvalue weighted by atomic mass is 16.5. The molecule has 0 aromatic heterocycles. The first-order chi connectivity index (χ1) is 10.1. The van der Waals surface area contributed by atoms with E-state index in [0.29, 0.717) is 19.0 Å². The highest BCUT2D eigenvalue weighted by molar-refractivity contribution is 5.76. The minimum atomic E-state index is -0.838. The number of aliphatic carboxylic acids is 1. The molecule has 120 valence electrons. The number of piperidine rings is 1. The number of carboxylic acid groups (broad SMARTS) is 1. The van der Waals surface area contributed by atoms with Gasteiger partial charge in [0, 0.05) is 31.7 Å². The van der Waals surface area contributed by atoms with E-state index in [1.165, 1.54) is 0 Å². The van der Waals surface area contributed by atoms with E-state index in [-0.39, 0.29) is 24.6 Å². The second kappa shape index (κ2) is 7.64. The summed E-state index contributed by atoms with van der Waals surface area (Å²) in [5, 5.41) is 11.9. The molecule has 0 bridgehead atoms. The molecule has 3 atom stereocenters. The highest BCUT2D eigenvalue weighted by Crippen LogP contribution is 2.23. The molecule has 6 heteroatoms. The monoisotopic (exact) mass is 298 g/mol. The maximum atomic E-state index is 12.3. The number of nitrogens with zero attached hydrogens (tertiary/aromatic N) is 1. The topological polar surface area (TPSA) is 78.9 Å². The molecule has 2 N–H and O–H groups in total. The van der Waals surface area contributed by atoms with Crippen LogP contribution in [0.25, 0.3) is 0 Å². The number of likely N-dealkylation sites (tertiary alicyclic amines) is 1. The van der Waals surface area contributed by atoms with Crippen LogP contribution in [0.2, 0.25) is 0 Å². The van der Waals surface area contributed by atoms with Gasteiger partial charge in [-0.3, -0.25) is 4.79 Å². The molecular formula is C15H26N2O4. The smallest absolute Gasteiger partial charge is 0.317 e. The Morgan fingerprint density at radius 2 is 2.14 bits per heavy atom. The van der Waals surface area contributed by atoms with Crippen LogP contribution in [0.15, 0.2) is 0 Å². The molecule has 2 rings (SSSR count). The van der Waals surface area contributed by atoms with Gasteiger partial charge in [-0.25, -0.2) is 4.79 Å². The lowest BCUT2D eigenvalue weighted by atomic mass is 9.99. The van der Waals surface area contributed by atoms with Gasteiger partial charge in [0.05, 0.1) is 12.5 Å². The second-order valence-corrected chi connectivity index (χ2v) is 5.99. The fourth-order valence-corrected chi connectivity index (χ4v) is 3.38. The zero-order chi connectivity index (χ0) is 15.2. The minimum absolute atomic E-state index is 0.0392. The van der Waals surface area contributed by atoms with Crippen LogP contribution in [0.4, 0.5) is 4.79 Å². The fourth-order valence-electron chi connectivity index (χ4n) is 3.38. The standard InChI is InChI=1S/C15H26N2O4/c1-2-13-11(6-8-21-13)10-16-15(20)17-7-4-3-5-12(17)9-14(18)19/h11-13H,2-10H2,1H3,(H,16,20)(H,18,19). The van der Waals surface area contributed by atoms with E-state index in [1.54, 1.807) is 4.90 Å². The summed E-state index contributed by atoms with van der Waals surface area (Å²) in [6, 6.07) is -0.291. The molecule has 21 heavy (non-hydrogen) atoms. The predicted octanol–water partition coefficient (Wildman–Crippen LogP) is 1.84. The third kappa shape index (κ3) is 4.33. The summed E-state index contributed by atoms with van der Waals surface area (Å²) in [5.41, 5.74) is 0. The van der Waals surface area contributed by atoms with Crippen molar-refractivity contribution >= 4 is 12.0 Å². The van der Waals surface area contributed by atoms with Crippen LogP contribution in [-0.4, -0.2) is 53.8 Å². The largest absolute Gasteiger partial charge is 0.481 e. The molecule has 0 spiro atoms. The van der Waals surface area contributed by atoms with Crippen molar-refractivity contribution in [2.45, 2.75) is 57.6 Å². The Morgan fingerprint density at radius 1 is 1.33 bits per heavy atom. The van der Waals surface area contributed by atoms with Crippen LogP contribution in [0, 0.1) is 5.92 Å². The number of hydrogen-bond donors (Lipinski definition) is 2. The number of ether oxygens (including phenoxy) is 1. The molecule has 2 heterocycles. The van der Waals surface area contributed by atoms with Crippen molar-refractivity contribution in [3.8, 4) is 0 Å². The van der Waals surface area contributed by atoms with Gasteiger partial charge in [0.25, 0.3) is 0 Å². The first-order valence-electron chi connectivity index (χ1n) is 7.99. The van der Waals surface area contributed by atoms with Gasteiger partial charge in [0.15, 0.2) is 0 Å². The van der Waals surface area contributed by atoms with Gasteiger partial charge in [-0.2, -0.15) is 0 Å². The molecule has 2 amide bonds. The van der Waals surface area contributed by atoms with Crippen molar-refractivity contribution in [1.29, 1.82) is 0 Å². The van der Waals surface area contributed by atoms with Gasteiger partial charge in [0.2, 0.25) is 0 Å². The quantitative estimate of drug-likeness (QED) is 0.811. The first kappa shape index (κ1) is 16.1. The van der Waals surface area contributed by atoms with E-state index >= 15 is 0 Å². The van der Waals surface area contributed by atoms with Crippen molar-refractivity contribution in [3.63, 3.8) is 0 Å². The SMILES string of the molecule is CCC1OCCC1CNC(=O)N1CCCCC1CC(=O)O. The van der Waals surface area contributed by atoms with Crippen molar-refractivity contribution in [2.75, 3.05) is 19.7 Å². The number of carbonyl (C=O) groups excluding carboxylic acids is 1. The van der Waals surface area contributed by atoms with Crippen LogP contribution >= 0.6 is 0 Å². The van der Waals surface area contributed by atoms with Gasteiger partial charge in [-0.05, 0) is 32.1 Å². The average Bonchev–Trinajstić information content (AvgIpc) is 2.92. The summed E-state index contributed by atoms with van der Waals surface area (Å²) in [6.07, 6.45) is 4.95. The van der Waals surface area contributed by atoms with E-state index in [1.807, 2.05) is 0 Å². The van der Waals surface area contributed by atoms with Gasteiger partial charge in [0.1, 0.15) is 0 Å². The van der Waals surface area contributed by atoms with E-state index in [2.05, 4.69) is 12.2 Å². The van der Waals surface area contributed by atoms with Crippen molar-refractivity contribution < 1.29 is 19.4 Å². The molecule has 2 fully saturated rings. The molecule has 6 nitrogen and oxygen atoms in total. The van der Waals surface area contributed by atoms with E-state index in [9.17, 15) is 9.59 Å². The number of urea groups is 1. The first-order valence-corrected chi connectivity index (χ1v) is 7.99. The molecule has 2 aliphatic rings. The number of nitrogens with one attached hydrogen (secondary N) is 1. The number of hydrogen-bond acceptors (Lipinski definition) is 3. The lowest BCUT2D eigenvalue weighted by molar-refractivity contribution is -0.138. The lowest BCUT2D eigenvalue weighted by Crippen LogP contribution is -2.50. The number of rotatable bonds is 5. The molecule has 0 aromatic carbocycles. The van der Waals surface area contributed by atoms with Crippen LogP contribution in [0.3, 0.4) is 0 Å². The van der Waals surface area contributed by atoms with E-state index in [4.69, 9.17) is 9.84 Å². The zero-order valence-electron chi connectivity index (χ0n) is 12.7. The van der Waals surface area contributed by atoms with Gasteiger partial charge in [-0.1, -0.05) is 6.92 Å². The maximum absolute atomic E-state index is 12.3. The van der Waals surface area contributed by atoms with Crippen molar-refractivity contribution in [1.82, 2.24) is 10.2 Å². The molecule has 0 radical (unpaired) electrons. The Kier molecular flexibility index (Phi) is 5.85. The summed E-state index contributed by atoms with van der Waals surface area (Å²) < 4.78 is 5.62. The number of carboxylic acids is 1. The third-order valence-corrected chi connectivity index (χ3v) is 4.56.